The third-order valence-electron chi connectivity index (χ3n) is 4.73. The van der Waals surface area contributed by atoms with Crippen molar-refractivity contribution >= 4 is 6.98 Å². The maximum absolute atomic E-state index is 12.9. The van der Waals surface area contributed by atoms with Crippen LogP contribution < -0.4 is 0 Å². The van der Waals surface area contributed by atoms with Gasteiger partial charge in [0.05, 0.1) is 0 Å². The van der Waals surface area contributed by atoms with Crippen molar-refractivity contribution in [2.75, 3.05) is 0 Å². The number of benzene rings is 1. The smallest absolute Gasteiger partial charge is 0.449 e. The summed E-state index contributed by atoms with van der Waals surface area (Å²) < 4.78 is 38.6. The van der Waals surface area contributed by atoms with Crippen LogP contribution in [-0.4, -0.2) is 6.98 Å². The fraction of sp³-hybridized carbons (Fsp3) is 0.538. The van der Waals surface area contributed by atoms with Crippen LogP contribution >= 0.6 is 0 Å². The van der Waals surface area contributed by atoms with Crippen molar-refractivity contribution in [2.45, 2.75) is 43.8 Å². The second kappa shape index (κ2) is 2.90. The molecule has 0 saturated heterocycles. The lowest BCUT2D eigenvalue weighted by Gasteiger charge is -2.76. The molecule has 0 unspecified atom stereocenters. The minimum absolute atomic E-state index is 0.145. The van der Waals surface area contributed by atoms with Gasteiger partial charge in [-0.05, 0) is 30.4 Å². The Hall–Kier alpha value is -0.925. The Morgan fingerprint density at radius 2 is 1.65 bits per heavy atom. The topological polar surface area (TPSA) is 0 Å². The molecular formula is C13H15BF3-. The van der Waals surface area contributed by atoms with Crippen LogP contribution in [0.3, 0.4) is 0 Å². The summed E-state index contributed by atoms with van der Waals surface area (Å²) in [7, 11) is 0. The van der Waals surface area contributed by atoms with Crippen molar-refractivity contribution in [1.82, 2.24) is 0 Å². The Balaban J connectivity index is 1.89. The molecule has 0 radical (unpaired) electrons. The number of aryl methyl sites for hydroxylation is 2. The summed E-state index contributed by atoms with van der Waals surface area (Å²) in [6.45, 7) is -0.655. The maximum Gasteiger partial charge on any atom is 0.484 e. The summed E-state index contributed by atoms with van der Waals surface area (Å²) in [5.74, 6) is 0. The van der Waals surface area contributed by atoms with Gasteiger partial charge in [0.15, 0.2) is 0 Å². The quantitative estimate of drug-likeness (QED) is 0.674. The number of hydrogen-bond donors (Lipinski definition) is 0. The van der Waals surface area contributed by atoms with Gasteiger partial charge in [0, 0.05) is 0 Å². The van der Waals surface area contributed by atoms with E-state index >= 15 is 0 Å². The molecule has 0 N–H and O–H groups in total. The van der Waals surface area contributed by atoms with E-state index in [1.54, 1.807) is 0 Å². The predicted octanol–water partition coefficient (Wildman–Crippen LogP) is 4.33. The van der Waals surface area contributed by atoms with Crippen molar-refractivity contribution in [3.63, 3.8) is 0 Å². The number of hydrogen-bond acceptors (Lipinski definition) is 0. The number of halogens is 3. The predicted molar refractivity (Wildman–Crippen MR) is 63.2 cm³/mol. The van der Waals surface area contributed by atoms with Crippen molar-refractivity contribution < 1.29 is 12.9 Å². The minimum atomic E-state index is -4.65. The molecule has 0 aliphatic heterocycles. The van der Waals surface area contributed by atoms with Gasteiger partial charge in [-0.1, -0.05) is 48.3 Å². The lowest BCUT2D eigenvalue weighted by atomic mass is 9.23. The monoisotopic (exact) mass is 239 g/mol. The lowest BCUT2D eigenvalue weighted by Crippen LogP contribution is -2.67. The molecule has 4 heteroatoms. The summed E-state index contributed by atoms with van der Waals surface area (Å²) in [6.07, 6.45) is 0.982. The van der Waals surface area contributed by atoms with Gasteiger partial charge in [0.2, 0.25) is 0 Å². The first-order chi connectivity index (χ1) is 7.78. The Morgan fingerprint density at radius 3 is 2.18 bits per heavy atom. The third kappa shape index (κ3) is 1.27. The summed E-state index contributed by atoms with van der Waals surface area (Å²) >= 11 is 0. The average Bonchev–Trinajstić information content (AvgIpc) is 2.03. The van der Waals surface area contributed by atoms with Gasteiger partial charge in [0.1, 0.15) is 0 Å². The van der Waals surface area contributed by atoms with Crippen LogP contribution in [0.4, 0.5) is 12.9 Å². The van der Waals surface area contributed by atoms with Crippen LogP contribution in [0.2, 0.25) is 5.31 Å². The molecule has 4 rings (SSSR count). The molecule has 0 amide bonds. The average molecular weight is 239 g/mol. The highest BCUT2D eigenvalue weighted by molar-refractivity contribution is 6.63. The van der Waals surface area contributed by atoms with Gasteiger partial charge in [-0.25, -0.2) is 0 Å². The van der Waals surface area contributed by atoms with Gasteiger partial charge < -0.3 is 12.9 Å². The molecule has 17 heavy (non-hydrogen) atoms. The van der Waals surface area contributed by atoms with Crippen molar-refractivity contribution in [3.05, 3.63) is 34.9 Å². The van der Waals surface area contributed by atoms with Crippen LogP contribution in [0.25, 0.3) is 0 Å². The Labute approximate surface area is 99.3 Å². The van der Waals surface area contributed by atoms with Crippen LogP contribution in [-0.2, 0) is 5.41 Å². The largest absolute Gasteiger partial charge is 0.484 e. The normalized spacial score (nSPS) is 35.1. The molecule has 1 aromatic carbocycles. The summed E-state index contributed by atoms with van der Waals surface area (Å²) in [5.41, 5.74) is 3.28. The van der Waals surface area contributed by atoms with Gasteiger partial charge in [-0.3, -0.25) is 0 Å². The third-order valence-corrected chi connectivity index (χ3v) is 4.73. The van der Waals surface area contributed by atoms with Crippen molar-refractivity contribution in [1.29, 1.82) is 0 Å². The Bertz CT molecular complexity index is 470. The lowest BCUT2D eigenvalue weighted by molar-refractivity contribution is -0.0405. The highest BCUT2D eigenvalue weighted by Crippen LogP contribution is 2.82. The first-order valence-corrected chi connectivity index (χ1v) is 6.05. The molecule has 2 bridgehead atoms. The SMILES string of the molecule is Cc1ccc(C)c(C23CC([B-](F)(F)F)(C2)C3)c1. The zero-order valence-electron chi connectivity index (χ0n) is 10.1. The summed E-state index contributed by atoms with van der Waals surface area (Å²) in [4.78, 5) is 0. The molecule has 3 aliphatic carbocycles. The molecule has 0 spiro atoms. The van der Waals surface area contributed by atoms with Gasteiger partial charge in [0.25, 0.3) is 0 Å². The summed E-state index contributed by atoms with van der Waals surface area (Å²) in [6, 6.07) is 6.12. The van der Waals surface area contributed by atoms with Crippen molar-refractivity contribution in [2.24, 2.45) is 0 Å². The molecular weight excluding hydrogens is 224 g/mol. The summed E-state index contributed by atoms with van der Waals surface area (Å²) in [5, 5.41) is -1.28. The van der Waals surface area contributed by atoms with Gasteiger partial charge in [-0.2, -0.15) is 0 Å². The minimum Gasteiger partial charge on any atom is -0.449 e. The molecule has 3 fully saturated rings. The van der Waals surface area contributed by atoms with E-state index in [1.807, 2.05) is 26.0 Å². The second-order valence-corrected chi connectivity index (χ2v) is 6.07. The zero-order valence-corrected chi connectivity index (χ0v) is 10.1. The van der Waals surface area contributed by atoms with E-state index in [2.05, 4.69) is 6.07 Å². The highest BCUT2D eigenvalue weighted by atomic mass is 19.4. The molecule has 1 aromatic rings. The second-order valence-electron chi connectivity index (χ2n) is 6.07. The molecule has 0 nitrogen and oxygen atoms in total. The zero-order chi connectivity index (χ0) is 12.5. The van der Waals surface area contributed by atoms with E-state index in [9.17, 15) is 12.9 Å². The van der Waals surface area contributed by atoms with Crippen molar-refractivity contribution in [3.8, 4) is 0 Å². The van der Waals surface area contributed by atoms with Crippen LogP contribution in [0.15, 0.2) is 18.2 Å². The molecule has 0 heterocycles. The van der Waals surface area contributed by atoms with Crippen LogP contribution in [0.5, 0.6) is 0 Å². The Morgan fingerprint density at radius 1 is 1.06 bits per heavy atom. The van der Waals surface area contributed by atoms with E-state index in [1.165, 1.54) is 0 Å². The molecule has 3 saturated carbocycles. The first kappa shape index (κ1) is 11.2. The van der Waals surface area contributed by atoms with E-state index < -0.39 is 12.3 Å². The molecule has 92 valence electrons. The standard InChI is InChI=1S/C13H15BF3/c1-9-3-4-10(2)11(5-9)12-6-13(7-12,8-12)14(15,16)17/h3-5H,6-8H2,1-2H3/q-1. The van der Waals surface area contributed by atoms with Crippen LogP contribution in [0, 0.1) is 13.8 Å². The number of rotatable bonds is 2. The highest BCUT2D eigenvalue weighted by Gasteiger charge is 2.74. The van der Waals surface area contributed by atoms with Gasteiger partial charge >= 0.3 is 6.98 Å². The van der Waals surface area contributed by atoms with E-state index in [0.717, 1.165) is 16.7 Å². The molecule has 0 atom stereocenters. The van der Waals surface area contributed by atoms with E-state index in [4.69, 9.17) is 0 Å². The Kier molecular flexibility index (Phi) is 1.91. The first-order valence-electron chi connectivity index (χ1n) is 6.05. The molecule has 0 aromatic heterocycles. The maximum atomic E-state index is 12.9. The molecule has 3 aliphatic rings. The fourth-order valence-corrected chi connectivity index (χ4v) is 3.81. The van der Waals surface area contributed by atoms with E-state index in [-0.39, 0.29) is 5.41 Å². The fourth-order valence-electron chi connectivity index (χ4n) is 3.81. The van der Waals surface area contributed by atoms with Gasteiger partial charge in [-0.15, -0.1) is 0 Å². The van der Waals surface area contributed by atoms with E-state index in [0.29, 0.717) is 19.3 Å². The van der Waals surface area contributed by atoms with Crippen LogP contribution in [0.1, 0.15) is 36.0 Å².